The first kappa shape index (κ1) is 37.2. The quantitative estimate of drug-likeness (QED) is 0.236. The fraction of sp³-hybridized carbons (Fsp3) is 0.531. The first-order valence-electron chi connectivity index (χ1n) is 16.2. The standard InChI is InChI=1S/C32H44Br2N8O6/c1-2-48-32(47)42-17-15-41(16-18-42)31(46)38-27(21-22-19-24(33)28(43)25(34)20-22)29(44)37-26(5-3-4-8-35)30(45)40-13-11-39(12-14-40)23-6-9-36-10-7-23/h6-7,9-10,19-20,26-27,43H,2-5,8,11-18,21,35H2,1H3,(H,37,44)(H,38,46)/t26-,27+/m0/s1. The van der Waals surface area contributed by atoms with Crippen molar-refractivity contribution < 1.29 is 29.0 Å². The van der Waals surface area contributed by atoms with Crippen LogP contribution in [0.1, 0.15) is 31.7 Å². The zero-order valence-corrected chi connectivity index (χ0v) is 30.2. The predicted octanol–water partition coefficient (Wildman–Crippen LogP) is 2.67. The molecule has 0 aliphatic carbocycles. The first-order chi connectivity index (χ1) is 23.1. The highest BCUT2D eigenvalue weighted by molar-refractivity contribution is 9.11. The Kier molecular flexibility index (Phi) is 14.1. The lowest BCUT2D eigenvalue weighted by molar-refractivity contribution is -0.137. The molecule has 14 nitrogen and oxygen atoms in total. The van der Waals surface area contributed by atoms with Crippen LogP contribution in [0.5, 0.6) is 5.75 Å². The van der Waals surface area contributed by atoms with Crippen molar-refractivity contribution in [1.29, 1.82) is 0 Å². The van der Waals surface area contributed by atoms with Crippen LogP contribution in [0.25, 0.3) is 0 Å². The van der Waals surface area contributed by atoms with Gasteiger partial charge in [0.15, 0.2) is 0 Å². The lowest BCUT2D eigenvalue weighted by Gasteiger charge is -2.38. The number of nitrogens with one attached hydrogen (secondary N) is 2. The molecule has 1 aromatic heterocycles. The fourth-order valence-corrected chi connectivity index (χ4v) is 6.99. The van der Waals surface area contributed by atoms with Gasteiger partial charge in [-0.15, -0.1) is 0 Å². The number of ether oxygens (including phenoxy) is 1. The van der Waals surface area contributed by atoms with E-state index < -0.39 is 30.1 Å². The summed E-state index contributed by atoms with van der Waals surface area (Å²) in [6.45, 7) is 5.87. The second-order valence-electron chi connectivity index (χ2n) is 11.7. The number of benzene rings is 1. The van der Waals surface area contributed by atoms with Crippen molar-refractivity contribution in [2.45, 2.75) is 44.7 Å². The van der Waals surface area contributed by atoms with Gasteiger partial charge < -0.3 is 45.8 Å². The molecule has 48 heavy (non-hydrogen) atoms. The van der Waals surface area contributed by atoms with Gasteiger partial charge in [-0.05, 0) is 94.4 Å². The lowest BCUT2D eigenvalue weighted by Crippen LogP contribution is -2.60. The third-order valence-electron chi connectivity index (χ3n) is 8.40. The average Bonchev–Trinajstić information content (AvgIpc) is 3.10. The van der Waals surface area contributed by atoms with E-state index in [4.69, 9.17) is 10.5 Å². The van der Waals surface area contributed by atoms with Crippen LogP contribution in [-0.4, -0.2) is 126 Å². The van der Waals surface area contributed by atoms with Crippen molar-refractivity contribution in [3.63, 3.8) is 0 Å². The van der Waals surface area contributed by atoms with Gasteiger partial charge in [-0.1, -0.05) is 0 Å². The number of nitrogens with two attached hydrogens (primary N) is 1. The van der Waals surface area contributed by atoms with E-state index in [-0.39, 0.29) is 37.8 Å². The number of hydrogen-bond acceptors (Lipinski definition) is 9. The highest BCUT2D eigenvalue weighted by Crippen LogP contribution is 2.33. The number of carbonyl (C=O) groups excluding carboxylic acids is 4. The number of hydrogen-bond donors (Lipinski definition) is 4. The lowest BCUT2D eigenvalue weighted by atomic mass is 10.0. The van der Waals surface area contributed by atoms with Crippen LogP contribution in [0.2, 0.25) is 0 Å². The van der Waals surface area contributed by atoms with E-state index in [1.54, 1.807) is 41.2 Å². The highest BCUT2D eigenvalue weighted by atomic mass is 79.9. The summed E-state index contributed by atoms with van der Waals surface area (Å²) in [5, 5.41) is 16.0. The number of amides is 5. The van der Waals surface area contributed by atoms with Gasteiger partial charge in [0.25, 0.3) is 0 Å². The number of piperazine rings is 2. The van der Waals surface area contributed by atoms with Gasteiger partial charge in [0.2, 0.25) is 11.8 Å². The summed E-state index contributed by atoms with van der Waals surface area (Å²) < 4.78 is 5.92. The summed E-state index contributed by atoms with van der Waals surface area (Å²) in [5.74, 6) is -0.668. The predicted molar refractivity (Wildman–Crippen MR) is 188 cm³/mol. The maximum Gasteiger partial charge on any atom is 0.409 e. The molecule has 0 saturated carbocycles. The number of pyridine rings is 1. The molecule has 262 valence electrons. The smallest absolute Gasteiger partial charge is 0.409 e. The van der Waals surface area contributed by atoms with Crippen LogP contribution < -0.4 is 21.3 Å². The Hall–Kier alpha value is -3.63. The van der Waals surface area contributed by atoms with Crippen LogP contribution in [0.3, 0.4) is 0 Å². The topological polar surface area (TPSA) is 174 Å². The molecule has 5 N–H and O–H groups in total. The van der Waals surface area contributed by atoms with Crippen molar-refractivity contribution in [3.05, 3.63) is 51.2 Å². The largest absolute Gasteiger partial charge is 0.506 e. The van der Waals surface area contributed by atoms with Crippen LogP contribution >= 0.6 is 31.9 Å². The van der Waals surface area contributed by atoms with Crippen molar-refractivity contribution in [1.82, 2.24) is 30.3 Å². The van der Waals surface area contributed by atoms with E-state index in [0.29, 0.717) is 79.6 Å². The third-order valence-corrected chi connectivity index (χ3v) is 9.61. The van der Waals surface area contributed by atoms with Gasteiger partial charge in [0.05, 0.1) is 15.6 Å². The first-order valence-corrected chi connectivity index (χ1v) is 17.8. The molecule has 0 bridgehead atoms. The Labute approximate surface area is 297 Å². The Bertz CT molecular complexity index is 1380. The summed E-state index contributed by atoms with van der Waals surface area (Å²) >= 11 is 6.68. The molecule has 16 heteroatoms. The molecule has 2 atom stereocenters. The van der Waals surface area contributed by atoms with Crippen LogP contribution in [0, 0.1) is 0 Å². The Morgan fingerprint density at radius 1 is 0.896 bits per heavy atom. The molecule has 3 heterocycles. The van der Waals surface area contributed by atoms with E-state index in [9.17, 15) is 24.3 Å². The molecule has 4 rings (SSSR count). The Morgan fingerprint density at radius 3 is 2.10 bits per heavy atom. The minimum Gasteiger partial charge on any atom is -0.506 e. The molecule has 2 aromatic rings. The van der Waals surface area contributed by atoms with Gasteiger partial charge in [-0.2, -0.15) is 0 Å². The number of phenolic OH excluding ortho intramolecular Hbond substituents is 1. The van der Waals surface area contributed by atoms with Gasteiger partial charge in [-0.25, -0.2) is 9.59 Å². The summed E-state index contributed by atoms with van der Waals surface area (Å²) in [6.07, 6.45) is 4.88. The van der Waals surface area contributed by atoms with Crippen molar-refractivity contribution in [2.24, 2.45) is 5.73 Å². The van der Waals surface area contributed by atoms with Crippen LogP contribution in [0.4, 0.5) is 15.3 Å². The van der Waals surface area contributed by atoms with Crippen LogP contribution in [-0.2, 0) is 20.7 Å². The SMILES string of the molecule is CCOC(=O)N1CCN(C(=O)N[C@H](Cc2cc(Br)c(O)c(Br)c2)C(=O)N[C@@H](CCCCN)C(=O)N2CCN(c3ccncc3)CC2)CC1. The second-order valence-corrected chi connectivity index (χ2v) is 13.4. The maximum absolute atomic E-state index is 14.0. The van der Waals surface area contributed by atoms with Gasteiger partial charge in [0.1, 0.15) is 17.8 Å². The highest BCUT2D eigenvalue weighted by Gasteiger charge is 2.33. The second kappa shape index (κ2) is 18.2. The minimum absolute atomic E-state index is 0.0119. The molecular formula is C32H44Br2N8O6. The zero-order chi connectivity index (χ0) is 34.6. The maximum atomic E-state index is 14.0. The molecule has 2 fully saturated rings. The van der Waals surface area contributed by atoms with E-state index >= 15 is 0 Å². The molecule has 0 radical (unpaired) electrons. The van der Waals surface area contributed by atoms with E-state index in [0.717, 1.165) is 5.69 Å². The van der Waals surface area contributed by atoms with Gasteiger partial charge in [0, 0.05) is 76.9 Å². The third kappa shape index (κ3) is 10.2. The minimum atomic E-state index is -1.04. The van der Waals surface area contributed by atoms with Gasteiger partial charge >= 0.3 is 12.1 Å². The molecule has 2 saturated heterocycles. The van der Waals surface area contributed by atoms with Crippen LogP contribution in [0.15, 0.2) is 45.6 Å². The normalized spacial score (nSPS) is 16.2. The van der Waals surface area contributed by atoms with E-state index in [2.05, 4.69) is 52.4 Å². The molecule has 0 unspecified atom stereocenters. The molecule has 2 aliphatic rings. The number of carbonyl (C=O) groups is 4. The number of unbranched alkanes of at least 4 members (excludes halogenated alkanes) is 1. The number of aromatic nitrogens is 1. The van der Waals surface area contributed by atoms with Crippen molar-refractivity contribution in [2.75, 3.05) is 70.4 Å². The number of rotatable bonds is 12. The molecule has 0 spiro atoms. The number of halogens is 2. The summed E-state index contributed by atoms with van der Waals surface area (Å²) in [7, 11) is 0. The Morgan fingerprint density at radius 2 is 1.50 bits per heavy atom. The number of phenols is 1. The average molecular weight is 797 g/mol. The Balaban J connectivity index is 1.47. The fourth-order valence-electron chi connectivity index (χ4n) is 5.71. The number of anilines is 1. The van der Waals surface area contributed by atoms with Crippen molar-refractivity contribution in [3.8, 4) is 5.75 Å². The molecule has 2 aliphatic heterocycles. The number of nitrogens with zero attached hydrogens (tertiary/aromatic N) is 5. The molecular weight excluding hydrogens is 752 g/mol. The summed E-state index contributed by atoms with van der Waals surface area (Å²) in [4.78, 5) is 64.6. The summed E-state index contributed by atoms with van der Waals surface area (Å²) in [6, 6.07) is 4.92. The van der Waals surface area contributed by atoms with E-state index in [1.807, 2.05) is 12.1 Å². The summed E-state index contributed by atoms with van der Waals surface area (Å²) in [5.41, 5.74) is 7.45. The molecule has 1 aromatic carbocycles. The van der Waals surface area contributed by atoms with Crippen molar-refractivity contribution >= 4 is 61.5 Å². The van der Waals surface area contributed by atoms with Gasteiger partial charge in [-0.3, -0.25) is 14.6 Å². The molecule has 5 amide bonds. The number of aromatic hydroxyl groups is 1. The monoisotopic (exact) mass is 794 g/mol. The zero-order valence-electron chi connectivity index (χ0n) is 27.1. The van der Waals surface area contributed by atoms with E-state index in [1.165, 1.54) is 4.90 Å². The number of urea groups is 1.